The highest BCUT2D eigenvalue weighted by Crippen LogP contribution is 2.33. The second-order valence-electron chi connectivity index (χ2n) is 5.76. The lowest BCUT2D eigenvalue weighted by Crippen LogP contribution is -2.38. The molecule has 1 atom stereocenters. The molecule has 0 aliphatic heterocycles. The van der Waals surface area contributed by atoms with Crippen molar-refractivity contribution in [3.05, 3.63) is 70.5 Å². The molecule has 1 heterocycles. The van der Waals surface area contributed by atoms with E-state index in [0.29, 0.717) is 0 Å². The van der Waals surface area contributed by atoms with Gasteiger partial charge in [-0.1, -0.05) is 40.2 Å². The zero-order chi connectivity index (χ0) is 17.3. The van der Waals surface area contributed by atoms with Gasteiger partial charge in [-0.05, 0) is 43.7 Å². The van der Waals surface area contributed by atoms with Crippen molar-refractivity contribution in [2.45, 2.75) is 19.9 Å². The SMILES string of the molecule is Cc1cc2c(N(C(N)=O)[C@@H](C)c3ccc(Br)cc3)cccc2cn1. The molecule has 0 unspecified atom stereocenters. The van der Waals surface area contributed by atoms with Crippen LogP contribution in [0.3, 0.4) is 0 Å². The van der Waals surface area contributed by atoms with Gasteiger partial charge >= 0.3 is 6.03 Å². The number of carbonyl (C=O) groups is 1. The molecule has 4 nitrogen and oxygen atoms in total. The predicted molar refractivity (Wildman–Crippen MR) is 101 cm³/mol. The number of benzene rings is 2. The van der Waals surface area contributed by atoms with Gasteiger partial charge in [-0.15, -0.1) is 0 Å². The molecule has 0 saturated carbocycles. The Morgan fingerprint density at radius 1 is 1.21 bits per heavy atom. The van der Waals surface area contributed by atoms with Crippen molar-refractivity contribution in [3.63, 3.8) is 0 Å². The van der Waals surface area contributed by atoms with Gasteiger partial charge in [0.15, 0.2) is 0 Å². The molecule has 0 spiro atoms. The smallest absolute Gasteiger partial charge is 0.319 e. The van der Waals surface area contributed by atoms with E-state index in [-0.39, 0.29) is 6.04 Å². The predicted octanol–water partition coefficient (Wildman–Crippen LogP) is 4.95. The molecule has 3 aromatic rings. The summed E-state index contributed by atoms with van der Waals surface area (Å²) in [5.41, 5.74) is 8.43. The largest absolute Gasteiger partial charge is 0.351 e. The summed E-state index contributed by atoms with van der Waals surface area (Å²) in [6, 6.07) is 15.0. The quantitative estimate of drug-likeness (QED) is 0.695. The fourth-order valence-electron chi connectivity index (χ4n) is 2.88. The number of primary amides is 1. The van der Waals surface area contributed by atoms with Crippen molar-refractivity contribution in [2.75, 3.05) is 4.90 Å². The maximum absolute atomic E-state index is 12.2. The molecular formula is C19H18BrN3O. The summed E-state index contributed by atoms with van der Waals surface area (Å²) in [5, 5.41) is 1.94. The Kier molecular flexibility index (Phi) is 4.53. The molecule has 0 bridgehead atoms. The molecule has 5 heteroatoms. The highest BCUT2D eigenvalue weighted by atomic mass is 79.9. The molecule has 24 heavy (non-hydrogen) atoms. The summed E-state index contributed by atoms with van der Waals surface area (Å²) in [6.07, 6.45) is 1.82. The Hall–Kier alpha value is -2.40. The van der Waals surface area contributed by atoms with Gasteiger partial charge in [-0.3, -0.25) is 9.88 Å². The van der Waals surface area contributed by atoms with Gasteiger partial charge in [-0.25, -0.2) is 4.79 Å². The van der Waals surface area contributed by atoms with Crippen molar-refractivity contribution in [2.24, 2.45) is 5.73 Å². The first-order valence-electron chi connectivity index (χ1n) is 7.67. The fourth-order valence-corrected chi connectivity index (χ4v) is 3.14. The summed E-state index contributed by atoms with van der Waals surface area (Å²) in [4.78, 5) is 18.2. The van der Waals surface area contributed by atoms with Gasteiger partial charge in [0.05, 0.1) is 11.7 Å². The lowest BCUT2D eigenvalue weighted by molar-refractivity contribution is 0.252. The Bertz CT molecular complexity index is 893. The minimum Gasteiger partial charge on any atom is -0.351 e. The van der Waals surface area contributed by atoms with Gasteiger partial charge in [0.25, 0.3) is 0 Å². The number of fused-ring (bicyclic) bond motifs is 1. The molecule has 3 rings (SSSR count). The van der Waals surface area contributed by atoms with E-state index < -0.39 is 6.03 Å². The number of hydrogen-bond donors (Lipinski definition) is 1. The average molecular weight is 384 g/mol. The number of urea groups is 1. The summed E-state index contributed by atoms with van der Waals surface area (Å²) in [5.74, 6) is 0. The summed E-state index contributed by atoms with van der Waals surface area (Å²) >= 11 is 3.43. The van der Waals surface area contributed by atoms with Crippen molar-refractivity contribution in [1.82, 2.24) is 4.98 Å². The number of aromatic nitrogens is 1. The summed E-state index contributed by atoms with van der Waals surface area (Å²) < 4.78 is 0.996. The number of hydrogen-bond acceptors (Lipinski definition) is 2. The number of nitrogens with two attached hydrogens (primary N) is 1. The van der Waals surface area contributed by atoms with E-state index in [2.05, 4.69) is 20.9 Å². The van der Waals surface area contributed by atoms with Crippen LogP contribution in [0, 0.1) is 6.92 Å². The van der Waals surface area contributed by atoms with Gasteiger partial charge in [0.1, 0.15) is 0 Å². The Morgan fingerprint density at radius 2 is 1.92 bits per heavy atom. The Morgan fingerprint density at radius 3 is 2.58 bits per heavy atom. The van der Waals surface area contributed by atoms with Crippen LogP contribution in [-0.2, 0) is 0 Å². The van der Waals surface area contributed by atoms with Gasteiger partial charge in [0, 0.05) is 27.1 Å². The van der Waals surface area contributed by atoms with Crippen LogP contribution in [0.5, 0.6) is 0 Å². The van der Waals surface area contributed by atoms with Crippen molar-refractivity contribution in [1.29, 1.82) is 0 Å². The van der Waals surface area contributed by atoms with Crippen molar-refractivity contribution < 1.29 is 4.79 Å². The lowest BCUT2D eigenvalue weighted by Gasteiger charge is -2.29. The maximum Gasteiger partial charge on any atom is 0.319 e. The first kappa shape index (κ1) is 16.5. The van der Waals surface area contributed by atoms with Crippen molar-refractivity contribution in [3.8, 4) is 0 Å². The van der Waals surface area contributed by atoms with E-state index in [9.17, 15) is 4.79 Å². The van der Waals surface area contributed by atoms with E-state index in [1.807, 2.05) is 68.6 Å². The van der Waals surface area contributed by atoms with Crippen LogP contribution < -0.4 is 10.6 Å². The van der Waals surface area contributed by atoms with Gasteiger partial charge in [0.2, 0.25) is 0 Å². The fraction of sp³-hybridized carbons (Fsp3) is 0.158. The van der Waals surface area contributed by atoms with E-state index >= 15 is 0 Å². The number of anilines is 1. The van der Waals surface area contributed by atoms with Gasteiger partial charge in [-0.2, -0.15) is 0 Å². The zero-order valence-corrected chi connectivity index (χ0v) is 15.1. The maximum atomic E-state index is 12.2. The normalized spacial score (nSPS) is 12.1. The zero-order valence-electron chi connectivity index (χ0n) is 13.5. The third-order valence-electron chi connectivity index (χ3n) is 4.11. The van der Waals surface area contributed by atoms with E-state index in [1.54, 1.807) is 4.90 Å². The van der Waals surface area contributed by atoms with Crippen LogP contribution in [-0.4, -0.2) is 11.0 Å². The standard InChI is InChI=1S/C19H18BrN3O/c1-12-10-17-15(11-22-12)4-3-5-18(17)23(19(21)24)13(2)14-6-8-16(20)9-7-14/h3-11,13H,1-2H3,(H2,21,24)/t13-/m0/s1. The minimum absolute atomic E-state index is 0.185. The van der Waals surface area contributed by atoms with Crippen LogP contribution in [0.2, 0.25) is 0 Å². The number of amides is 2. The molecule has 122 valence electrons. The lowest BCUT2D eigenvalue weighted by atomic mass is 10.0. The Labute approximate surface area is 149 Å². The van der Waals surface area contributed by atoms with Crippen molar-refractivity contribution >= 4 is 38.4 Å². The number of carbonyl (C=O) groups excluding carboxylic acids is 1. The minimum atomic E-state index is -0.479. The summed E-state index contributed by atoms with van der Waals surface area (Å²) in [6.45, 7) is 3.91. The molecule has 1 aromatic heterocycles. The van der Waals surface area contributed by atoms with Crippen LogP contribution in [0.1, 0.15) is 24.2 Å². The third-order valence-corrected chi connectivity index (χ3v) is 4.64. The molecule has 2 N–H and O–H groups in total. The number of rotatable bonds is 3. The molecule has 0 aliphatic rings. The third kappa shape index (κ3) is 3.12. The molecule has 0 radical (unpaired) electrons. The highest BCUT2D eigenvalue weighted by Gasteiger charge is 2.23. The van der Waals surface area contributed by atoms with Crippen LogP contribution in [0.15, 0.2) is 59.2 Å². The monoisotopic (exact) mass is 383 g/mol. The molecule has 2 aromatic carbocycles. The molecule has 0 fully saturated rings. The Balaban J connectivity index is 2.13. The molecule has 0 saturated heterocycles. The highest BCUT2D eigenvalue weighted by molar-refractivity contribution is 9.10. The molecule has 0 aliphatic carbocycles. The second kappa shape index (κ2) is 6.61. The van der Waals surface area contributed by atoms with E-state index in [1.165, 1.54) is 0 Å². The van der Waals surface area contributed by atoms with Gasteiger partial charge < -0.3 is 5.73 Å². The number of pyridine rings is 1. The summed E-state index contributed by atoms with van der Waals surface area (Å²) in [7, 11) is 0. The van der Waals surface area contributed by atoms with E-state index in [4.69, 9.17) is 5.73 Å². The van der Waals surface area contributed by atoms with E-state index in [0.717, 1.165) is 32.2 Å². The van der Waals surface area contributed by atoms with Crippen LogP contribution in [0.25, 0.3) is 10.8 Å². The molecular weight excluding hydrogens is 366 g/mol. The number of aryl methyl sites for hydroxylation is 1. The van der Waals surface area contributed by atoms with Crippen LogP contribution in [0.4, 0.5) is 10.5 Å². The first-order valence-corrected chi connectivity index (χ1v) is 8.46. The number of halogens is 1. The second-order valence-corrected chi connectivity index (χ2v) is 6.68. The molecule has 2 amide bonds. The van der Waals surface area contributed by atoms with Crippen LogP contribution >= 0.6 is 15.9 Å². The number of nitrogens with zero attached hydrogens (tertiary/aromatic N) is 2. The first-order chi connectivity index (χ1) is 11.5. The topological polar surface area (TPSA) is 59.2 Å². The average Bonchev–Trinajstić information content (AvgIpc) is 2.55.